The van der Waals surface area contributed by atoms with Crippen molar-refractivity contribution in [3.05, 3.63) is 53.2 Å². The molecule has 1 aromatic carbocycles. The SMILES string of the molecule is CCNC(=NCc1ccnc(Oc2ccc(C)c(C)c2)c1)NCCNC(=O)C1CC1.I. The van der Waals surface area contributed by atoms with Gasteiger partial charge in [0.2, 0.25) is 11.8 Å². The lowest BCUT2D eigenvalue weighted by molar-refractivity contribution is -0.122. The summed E-state index contributed by atoms with van der Waals surface area (Å²) in [6.07, 6.45) is 3.77. The third-order valence-corrected chi connectivity index (χ3v) is 4.93. The van der Waals surface area contributed by atoms with Gasteiger partial charge in [-0.2, -0.15) is 0 Å². The van der Waals surface area contributed by atoms with Gasteiger partial charge in [0, 0.05) is 37.8 Å². The number of aryl methyl sites for hydroxylation is 2. The van der Waals surface area contributed by atoms with Crippen molar-refractivity contribution in [1.82, 2.24) is 20.9 Å². The lowest BCUT2D eigenvalue weighted by atomic mass is 10.1. The highest BCUT2D eigenvalue weighted by Crippen LogP contribution is 2.28. The standard InChI is InChI=1S/C23H31N5O2.HI/c1-4-24-23(27-12-11-26-22(29)19-6-7-19)28-15-18-9-10-25-21(14-18)30-20-8-5-16(2)17(3)13-20;/h5,8-10,13-14,19H,4,6-7,11-12,15H2,1-3H3,(H,26,29)(H2,24,27,28);1H. The summed E-state index contributed by atoms with van der Waals surface area (Å²) in [6.45, 7) is 8.63. The average Bonchev–Trinajstić information content (AvgIpc) is 3.58. The van der Waals surface area contributed by atoms with Crippen molar-refractivity contribution in [3.63, 3.8) is 0 Å². The van der Waals surface area contributed by atoms with Gasteiger partial charge in [-0.25, -0.2) is 9.98 Å². The summed E-state index contributed by atoms with van der Waals surface area (Å²) in [5.41, 5.74) is 3.42. The third-order valence-electron chi connectivity index (χ3n) is 4.93. The second-order valence-corrected chi connectivity index (χ2v) is 7.54. The predicted octanol–water partition coefficient (Wildman–Crippen LogP) is 3.69. The van der Waals surface area contributed by atoms with Gasteiger partial charge in [0.1, 0.15) is 5.75 Å². The monoisotopic (exact) mass is 537 g/mol. The molecule has 0 spiro atoms. The molecule has 0 aliphatic heterocycles. The Morgan fingerprint density at radius 1 is 1.10 bits per heavy atom. The van der Waals surface area contributed by atoms with E-state index < -0.39 is 0 Å². The minimum atomic E-state index is 0. The number of carbonyl (C=O) groups is 1. The van der Waals surface area contributed by atoms with E-state index in [0.717, 1.165) is 30.7 Å². The number of aromatic nitrogens is 1. The van der Waals surface area contributed by atoms with Gasteiger partial charge in [0.25, 0.3) is 0 Å². The molecule has 2 aromatic rings. The summed E-state index contributed by atoms with van der Waals surface area (Å²) < 4.78 is 5.90. The Morgan fingerprint density at radius 2 is 1.87 bits per heavy atom. The van der Waals surface area contributed by atoms with Crippen LogP contribution in [0.4, 0.5) is 0 Å². The van der Waals surface area contributed by atoms with Crippen LogP contribution in [-0.4, -0.2) is 36.5 Å². The zero-order valence-corrected chi connectivity index (χ0v) is 20.7. The van der Waals surface area contributed by atoms with Crippen molar-refractivity contribution in [2.45, 2.75) is 40.2 Å². The quantitative estimate of drug-likeness (QED) is 0.197. The molecule has 1 amide bonds. The first kappa shape index (κ1) is 24.9. The van der Waals surface area contributed by atoms with Crippen molar-refractivity contribution >= 4 is 35.8 Å². The number of amides is 1. The summed E-state index contributed by atoms with van der Waals surface area (Å²) in [6, 6.07) is 9.83. The van der Waals surface area contributed by atoms with Crippen molar-refractivity contribution in [3.8, 4) is 11.6 Å². The molecular formula is C23H32IN5O2. The molecule has 1 heterocycles. The van der Waals surface area contributed by atoms with E-state index in [9.17, 15) is 4.79 Å². The molecule has 1 saturated carbocycles. The highest BCUT2D eigenvalue weighted by atomic mass is 127. The third kappa shape index (κ3) is 8.35. The van der Waals surface area contributed by atoms with E-state index in [0.29, 0.717) is 31.5 Å². The number of ether oxygens (including phenoxy) is 1. The molecule has 1 aliphatic rings. The molecule has 0 bridgehead atoms. The Morgan fingerprint density at radius 3 is 2.58 bits per heavy atom. The number of benzene rings is 1. The maximum absolute atomic E-state index is 11.7. The van der Waals surface area contributed by atoms with Crippen LogP contribution >= 0.6 is 24.0 Å². The van der Waals surface area contributed by atoms with E-state index in [1.165, 1.54) is 11.1 Å². The molecule has 31 heavy (non-hydrogen) atoms. The van der Waals surface area contributed by atoms with Gasteiger partial charge in [0.15, 0.2) is 5.96 Å². The Hall–Kier alpha value is -2.36. The largest absolute Gasteiger partial charge is 0.439 e. The lowest BCUT2D eigenvalue weighted by Crippen LogP contribution is -2.41. The molecule has 1 fully saturated rings. The number of carbonyl (C=O) groups excluding carboxylic acids is 1. The summed E-state index contributed by atoms with van der Waals surface area (Å²) in [7, 11) is 0. The van der Waals surface area contributed by atoms with Gasteiger partial charge in [-0.15, -0.1) is 24.0 Å². The summed E-state index contributed by atoms with van der Waals surface area (Å²) >= 11 is 0. The van der Waals surface area contributed by atoms with Gasteiger partial charge >= 0.3 is 0 Å². The number of nitrogens with zero attached hydrogens (tertiary/aromatic N) is 2. The van der Waals surface area contributed by atoms with Crippen molar-refractivity contribution in [1.29, 1.82) is 0 Å². The van der Waals surface area contributed by atoms with Crippen LogP contribution in [0.1, 0.15) is 36.5 Å². The van der Waals surface area contributed by atoms with E-state index in [4.69, 9.17) is 4.74 Å². The molecule has 7 nitrogen and oxygen atoms in total. The van der Waals surface area contributed by atoms with Gasteiger partial charge in [0.05, 0.1) is 6.54 Å². The number of aliphatic imine (C=N–C) groups is 1. The first-order valence-electron chi connectivity index (χ1n) is 10.5. The van der Waals surface area contributed by atoms with Crippen LogP contribution in [-0.2, 0) is 11.3 Å². The van der Waals surface area contributed by atoms with Crippen LogP contribution in [0.15, 0.2) is 41.5 Å². The second-order valence-electron chi connectivity index (χ2n) is 7.54. The minimum absolute atomic E-state index is 0. The number of halogens is 1. The maximum atomic E-state index is 11.7. The Bertz CT molecular complexity index is 899. The van der Waals surface area contributed by atoms with E-state index in [1.807, 2.05) is 37.3 Å². The van der Waals surface area contributed by atoms with E-state index in [1.54, 1.807) is 6.20 Å². The summed E-state index contributed by atoms with van der Waals surface area (Å²) in [4.78, 5) is 20.6. The van der Waals surface area contributed by atoms with E-state index in [2.05, 4.69) is 39.8 Å². The molecule has 8 heteroatoms. The second kappa shape index (κ2) is 12.5. The van der Waals surface area contributed by atoms with Crippen LogP contribution in [0.25, 0.3) is 0 Å². The number of nitrogens with one attached hydrogen (secondary N) is 3. The van der Waals surface area contributed by atoms with Crippen LogP contribution in [0, 0.1) is 19.8 Å². The number of hydrogen-bond acceptors (Lipinski definition) is 4. The van der Waals surface area contributed by atoms with Crippen molar-refractivity contribution < 1.29 is 9.53 Å². The highest BCUT2D eigenvalue weighted by molar-refractivity contribution is 14.0. The lowest BCUT2D eigenvalue weighted by Gasteiger charge is -2.12. The fourth-order valence-electron chi connectivity index (χ4n) is 2.87. The summed E-state index contributed by atoms with van der Waals surface area (Å²) in [5.74, 6) is 2.43. The molecule has 0 saturated heterocycles. The van der Waals surface area contributed by atoms with Gasteiger partial charge in [-0.3, -0.25) is 4.79 Å². The van der Waals surface area contributed by atoms with Crippen LogP contribution in [0.2, 0.25) is 0 Å². The molecule has 3 N–H and O–H groups in total. The molecule has 168 valence electrons. The smallest absolute Gasteiger partial charge is 0.223 e. The number of guanidine groups is 1. The van der Waals surface area contributed by atoms with Gasteiger partial charge < -0.3 is 20.7 Å². The number of rotatable bonds is 9. The van der Waals surface area contributed by atoms with Crippen LogP contribution in [0.3, 0.4) is 0 Å². The zero-order chi connectivity index (χ0) is 21.3. The minimum Gasteiger partial charge on any atom is -0.439 e. The normalized spacial score (nSPS) is 13.2. The molecule has 0 radical (unpaired) electrons. The topological polar surface area (TPSA) is 87.6 Å². The summed E-state index contributed by atoms with van der Waals surface area (Å²) in [5, 5.41) is 9.42. The first-order valence-corrected chi connectivity index (χ1v) is 10.5. The molecule has 1 aliphatic carbocycles. The zero-order valence-electron chi connectivity index (χ0n) is 18.4. The highest BCUT2D eigenvalue weighted by Gasteiger charge is 2.28. The molecule has 3 rings (SSSR count). The van der Waals surface area contributed by atoms with Gasteiger partial charge in [-0.05, 0) is 68.5 Å². The van der Waals surface area contributed by atoms with Crippen LogP contribution in [0.5, 0.6) is 11.6 Å². The van der Waals surface area contributed by atoms with Gasteiger partial charge in [-0.1, -0.05) is 6.07 Å². The molecule has 0 atom stereocenters. The van der Waals surface area contributed by atoms with E-state index >= 15 is 0 Å². The first-order chi connectivity index (χ1) is 14.5. The fourth-order valence-corrected chi connectivity index (χ4v) is 2.87. The molecule has 0 unspecified atom stereocenters. The van der Waals surface area contributed by atoms with Crippen molar-refractivity contribution in [2.75, 3.05) is 19.6 Å². The number of hydrogen-bond donors (Lipinski definition) is 3. The Balaban J connectivity index is 0.00000341. The van der Waals surface area contributed by atoms with Crippen molar-refractivity contribution in [2.24, 2.45) is 10.9 Å². The Kier molecular flexibility index (Phi) is 10.0. The predicted molar refractivity (Wildman–Crippen MR) is 134 cm³/mol. The van der Waals surface area contributed by atoms with Crippen LogP contribution < -0.4 is 20.7 Å². The molecule has 1 aromatic heterocycles. The average molecular weight is 537 g/mol. The van der Waals surface area contributed by atoms with E-state index in [-0.39, 0.29) is 35.8 Å². The molecular weight excluding hydrogens is 505 g/mol. The fraction of sp³-hybridized carbons (Fsp3) is 0.435. The maximum Gasteiger partial charge on any atom is 0.223 e. The Labute approximate surface area is 201 Å². The number of pyridine rings is 1.